The van der Waals surface area contributed by atoms with E-state index < -0.39 is 12.1 Å². The lowest BCUT2D eigenvalue weighted by molar-refractivity contribution is 0.0280. The third-order valence-electron chi connectivity index (χ3n) is 4.47. The van der Waals surface area contributed by atoms with E-state index in [0.717, 1.165) is 11.4 Å². The third-order valence-corrected chi connectivity index (χ3v) is 4.47. The molecule has 0 aliphatic heterocycles. The van der Waals surface area contributed by atoms with Gasteiger partial charge < -0.3 is 9.15 Å². The van der Waals surface area contributed by atoms with Crippen LogP contribution in [0.5, 0.6) is 0 Å². The van der Waals surface area contributed by atoms with Crippen LogP contribution >= 0.6 is 0 Å². The first-order valence-corrected chi connectivity index (χ1v) is 8.96. The quantitative estimate of drug-likeness (QED) is 0.477. The molecule has 0 bridgehead atoms. The average Bonchev–Trinajstić information content (AvgIpc) is 3.19. The number of rotatable bonds is 4. The molecular formula is C21H17FN4O3. The number of hydrogen-bond acceptors (Lipinski definition) is 7. The van der Waals surface area contributed by atoms with Gasteiger partial charge in [0.25, 0.3) is 5.89 Å². The molecule has 0 N–H and O–H groups in total. The van der Waals surface area contributed by atoms with Gasteiger partial charge in [0.2, 0.25) is 5.89 Å². The van der Waals surface area contributed by atoms with Crippen LogP contribution in [0.25, 0.3) is 22.5 Å². The Hall–Kier alpha value is -3.68. The first-order valence-electron chi connectivity index (χ1n) is 8.96. The van der Waals surface area contributed by atoms with Crippen molar-refractivity contribution in [2.24, 2.45) is 0 Å². The van der Waals surface area contributed by atoms with Gasteiger partial charge in [0.15, 0.2) is 6.10 Å². The van der Waals surface area contributed by atoms with Crippen molar-refractivity contribution in [1.82, 2.24) is 20.2 Å². The van der Waals surface area contributed by atoms with E-state index in [1.807, 2.05) is 13.8 Å². The summed E-state index contributed by atoms with van der Waals surface area (Å²) in [5, 5.41) is 7.85. The Bertz CT molecular complexity index is 1200. The number of carbonyl (C=O) groups excluding carboxylic acids is 1. The lowest BCUT2D eigenvalue weighted by atomic mass is 10.2. The molecule has 0 unspecified atom stereocenters. The van der Waals surface area contributed by atoms with Crippen LogP contribution in [0.4, 0.5) is 4.39 Å². The fraction of sp³-hybridized carbons (Fsp3) is 0.190. The number of hydrogen-bond donors (Lipinski definition) is 0. The van der Waals surface area contributed by atoms with E-state index in [-0.39, 0.29) is 17.6 Å². The number of carbonyl (C=O) groups is 1. The fourth-order valence-corrected chi connectivity index (χ4v) is 2.74. The highest BCUT2D eigenvalue weighted by Crippen LogP contribution is 2.24. The van der Waals surface area contributed by atoms with Crippen LogP contribution in [-0.4, -0.2) is 26.1 Å². The molecule has 4 aromatic rings. The highest BCUT2D eigenvalue weighted by atomic mass is 19.1. The molecule has 0 aliphatic carbocycles. The summed E-state index contributed by atoms with van der Waals surface area (Å²) in [6, 6.07) is 10.7. The Kier molecular flexibility index (Phi) is 4.75. The van der Waals surface area contributed by atoms with Crippen LogP contribution in [0.2, 0.25) is 0 Å². The second-order valence-electron chi connectivity index (χ2n) is 6.60. The molecule has 8 heteroatoms. The van der Waals surface area contributed by atoms with Crippen LogP contribution in [0, 0.1) is 19.7 Å². The molecular weight excluding hydrogens is 375 g/mol. The van der Waals surface area contributed by atoms with E-state index in [2.05, 4.69) is 20.2 Å². The predicted molar refractivity (Wildman–Crippen MR) is 103 cm³/mol. The van der Waals surface area contributed by atoms with Gasteiger partial charge in [-0.25, -0.2) is 19.2 Å². The number of fused-ring (bicyclic) bond motifs is 1. The molecule has 2 aromatic heterocycles. The minimum atomic E-state index is -0.759. The molecule has 0 saturated carbocycles. The van der Waals surface area contributed by atoms with Crippen LogP contribution < -0.4 is 0 Å². The fourth-order valence-electron chi connectivity index (χ4n) is 2.74. The van der Waals surface area contributed by atoms with E-state index in [1.54, 1.807) is 25.1 Å². The number of aryl methyl sites for hydroxylation is 2. The Morgan fingerprint density at radius 2 is 1.69 bits per heavy atom. The molecule has 7 nitrogen and oxygen atoms in total. The number of aromatic nitrogens is 4. The summed E-state index contributed by atoms with van der Waals surface area (Å²) in [7, 11) is 0. The highest BCUT2D eigenvalue weighted by Gasteiger charge is 2.20. The van der Waals surface area contributed by atoms with Gasteiger partial charge in [-0.1, -0.05) is 0 Å². The van der Waals surface area contributed by atoms with Crippen molar-refractivity contribution in [3.05, 3.63) is 71.1 Å². The van der Waals surface area contributed by atoms with Gasteiger partial charge in [0.1, 0.15) is 5.82 Å². The zero-order valence-corrected chi connectivity index (χ0v) is 16.0. The van der Waals surface area contributed by atoms with Gasteiger partial charge in [0.05, 0.1) is 28.0 Å². The first kappa shape index (κ1) is 18.7. The van der Waals surface area contributed by atoms with E-state index in [9.17, 15) is 9.18 Å². The van der Waals surface area contributed by atoms with Crippen molar-refractivity contribution >= 4 is 17.0 Å². The minimum absolute atomic E-state index is 0.143. The van der Waals surface area contributed by atoms with Gasteiger partial charge in [-0.15, -0.1) is 10.2 Å². The maximum absolute atomic E-state index is 13.0. The summed E-state index contributed by atoms with van der Waals surface area (Å²) in [5.74, 6) is -0.540. The van der Waals surface area contributed by atoms with Crippen molar-refractivity contribution in [1.29, 1.82) is 0 Å². The highest BCUT2D eigenvalue weighted by molar-refractivity contribution is 5.93. The molecule has 146 valence electrons. The summed E-state index contributed by atoms with van der Waals surface area (Å²) in [6.07, 6.45) is -0.759. The van der Waals surface area contributed by atoms with Crippen LogP contribution in [0.1, 0.15) is 40.7 Å². The van der Waals surface area contributed by atoms with Crippen LogP contribution in [-0.2, 0) is 4.74 Å². The Morgan fingerprint density at radius 3 is 2.41 bits per heavy atom. The number of nitrogens with zero attached hydrogens (tertiary/aromatic N) is 4. The van der Waals surface area contributed by atoms with Gasteiger partial charge in [-0.3, -0.25) is 0 Å². The van der Waals surface area contributed by atoms with Crippen molar-refractivity contribution in [3.63, 3.8) is 0 Å². The topological polar surface area (TPSA) is 91.0 Å². The Labute approximate surface area is 165 Å². The molecule has 0 saturated heterocycles. The van der Waals surface area contributed by atoms with E-state index in [4.69, 9.17) is 9.15 Å². The normalized spacial score (nSPS) is 12.1. The molecule has 2 aromatic carbocycles. The van der Waals surface area contributed by atoms with Crippen molar-refractivity contribution in [3.8, 4) is 11.5 Å². The smallest absolute Gasteiger partial charge is 0.338 e. The van der Waals surface area contributed by atoms with Gasteiger partial charge in [-0.2, -0.15) is 0 Å². The lowest BCUT2D eigenvalue weighted by Gasteiger charge is -2.10. The van der Waals surface area contributed by atoms with Gasteiger partial charge in [-0.05, 0) is 63.2 Å². The molecule has 2 heterocycles. The molecule has 4 rings (SSSR count). The Balaban J connectivity index is 1.51. The zero-order chi connectivity index (χ0) is 20.5. The van der Waals surface area contributed by atoms with Crippen molar-refractivity contribution in [2.45, 2.75) is 26.9 Å². The standard InChI is InChI=1S/C21H17FN4O3/c1-11-12(2)24-18-10-15(6-9-17(18)23-11)21(27)28-13(3)19-25-26-20(29-19)14-4-7-16(22)8-5-14/h4-10,13H,1-3H3/t13-/m1/s1. The second-order valence-corrected chi connectivity index (χ2v) is 6.60. The molecule has 29 heavy (non-hydrogen) atoms. The van der Waals surface area contributed by atoms with E-state index >= 15 is 0 Å². The van der Waals surface area contributed by atoms with E-state index in [0.29, 0.717) is 22.2 Å². The summed E-state index contributed by atoms with van der Waals surface area (Å²) in [4.78, 5) is 21.4. The molecule has 0 amide bonds. The minimum Gasteiger partial charge on any atom is -0.449 e. The van der Waals surface area contributed by atoms with E-state index in [1.165, 1.54) is 24.3 Å². The maximum Gasteiger partial charge on any atom is 0.338 e. The van der Waals surface area contributed by atoms with Crippen molar-refractivity contribution < 1.29 is 18.3 Å². The zero-order valence-electron chi connectivity index (χ0n) is 16.0. The van der Waals surface area contributed by atoms with Crippen LogP contribution in [0.3, 0.4) is 0 Å². The van der Waals surface area contributed by atoms with Crippen molar-refractivity contribution in [2.75, 3.05) is 0 Å². The summed E-state index contributed by atoms with van der Waals surface area (Å²) in [5.41, 5.74) is 3.89. The van der Waals surface area contributed by atoms with Crippen LogP contribution in [0.15, 0.2) is 46.9 Å². The molecule has 0 fully saturated rings. The second kappa shape index (κ2) is 7.38. The summed E-state index contributed by atoms with van der Waals surface area (Å²) in [6.45, 7) is 5.38. The monoisotopic (exact) mass is 392 g/mol. The maximum atomic E-state index is 13.0. The number of halogens is 1. The Morgan fingerprint density at radius 1 is 1.00 bits per heavy atom. The lowest BCUT2D eigenvalue weighted by Crippen LogP contribution is -2.10. The molecule has 0 spiro atoms. The molecule has 0 radical (unpaired) electrons. The summed E-state index contributed by atoms with van der Waals surface area (Å²) >= 11 is 0. The third kappa shape index (κ3) is 3.82. The molecule has 1 atom stereocenters. The van der Waals surface area contributed by atoms with Gasteiger partial charge in [0, 0.05) is 5.56 Å². The number of benzene rings is 2. The first-order chi connectivity index (χ1) is 13.9. The predicted octanol–water partition coefficient (Wildman–Crippen LogP) is 4.35. The van der Waals surface area contributed by atoms with Gasteiger partial charge >= 0.3 is 5.97 Å². The summed E-state index contributed by atoms with van der Waals surface area (Å²) < 4.78 is 24.1. The average molecular weight is 392 g/mol. The SMILES string of the molecule is Cc1nc2ccc(C(=O)O[C@H](C)c3nnc(-c4ccc(F)cc4)o3)cc2nc1C. The number of ether oxygens (including phenoxy) is 1. The number of esters is 1. The largest absolute Gasteiger partial charge is 0.449 e. The molecule has 0 aliphatic rings.